The number of hydrogen-bond acceptors (Lipinski definition) is 3. The van der Waals surface area contributed by atoms with Gasteiger partial charge in [-0.05, 0) is 33.5 Å². The molecule has 0 aliphatic carbocycles. The van der Waals surface area contributed by atoms with Crippen molar-refractivity contribution in [2.75, 3.05) is 20.6 Å². The molecule has 0 radical (unpaired) electrons. The Labute approximate surface area is 97.9 Å². The minimum atomic E-state index is -0.338. The molecule has 0 fully saturated rings. The summed E-state index contributed by atoms with van der Waals surface area (Å²) in [5.41, 5.74) is 0.967. The molecule has 0 aliphatic rings. The predicted octanol–water partition coefficient (Wildman–Crippen LogP) is 1.32. The van der Waals surface area contributed by atoms with Gasteiger partial charge < -0.3 is 10.0 Å². The maximum atomic E-state index is 9.79. The highest BCUT2D eigenvalue weighted by atomic mass is 16.3. The van der Waals surface area contributed by atoms with Gasteiger partial charge in [0.1, 0.15) is 0 Å². The molecule has 0 saturated heterocycles. The van der Waals surface area contributed by atoms with Gasteiger partial charge in [0.25, 0.3) is 0 Å². The van der Waals surface area contributed by atoms with Crippen LogP contribution in [0.5, 0.6) is 0 Å². The van der Waals surface area contributed by atoms with Gasteiger partial charge in [0.15, 0.2) is 0 Å². The monoisotopic (exact) mass is 225 g/mol. The first-order valence-electron chi connectivity index (χ1n) is 5.89. The maximum absolute atomic E-state index is 9.79. The van der Waals surface area contributed by atoms with Crippen LogP contribution in [0.4, 0.5) is 0 Å². The third-order valence-electron chi connectivity index (χ3n) is 2.73. The molecular weight excluding hydrogens is 202 g/mol. The van der Waals surface area contributed by atoms with Gasteiger partial charge in [-0.1, -0.05) is 6.92 Å². The molecular formula is C12H23N3O. The highest BCUT2D eigenvalue weighted by Crippen LogP contribution is 2.10. The van der Waals surface area contributed by atoms with Crippen molar-refractivity contribution in [3.63, 3.8) is 0 Å². The Hall–Kier alpha value is -0.870. The predicted molar refractivity (Wildman–Crippen MR) is 65.5 cm³/mol. The van der Waals surface area contributed by atoms with Gasteiger partial charge in [-0.2, -0.15) is 5.10 Å². The van der Waals surface area contributed by atoms with Crippen LogP contribution < -0.4 is 0 Å². The van der Waals surface area contributed by atoms with E-state index in [9.17, 15) is 5.11 Å². The van der Waals surface area contributed by atoms with Crippen LogP contribution in [-0.4, -0.2) is 46.5 Å². The summed E-state index contributed by atoms with van der Waals surface area (Å²) in [6, 6.07) is 2.42. The van der Waals surface area contributed by atoms with Crippen LogP contribution in [0.1, 0.15) is 32.0 Å². The number of aliphatic hydroxyl groups is 1. The molecule has 1 N–H and O–H groups in total. The van der Waals surface area contributed by atoms with Crippen molar-refractivity contribution < 1.29 is 5.11 Å². The van der Waals surface area contributed by atoms with E-state index in [1.165, 1.54) is 0 Å². The average molecular weight is 225 g/mol. The molecule has 1 rings (SSSR count). The summed E-state index contributed by atoms with van der Waals surface area (Å²) in [6.07, 6.45) is 3.35. The molecule has 2 atom stereocenters. The van der Waals surface area contributed by atoms with E-state index in [0.717, 1.165) is 12.1 Å². The van der Waals surface area contributed by atoms with Crippen LogP contribution in [0, 0.1) is 0 Å². The summed E-state index contributed by atoms with van der Waals surface area (Å²) >= 11 is 0. The van der Waals surface area contributed by atoms with E-state index in [1.54, 1.807) is 0 Å². The fourth-order valence-electron chi connectivity index (χ4n) is 1.65. The quantitative estimate of drug-likeness (QED) is 0.794. The fourth-order valence-corrected chi connectivity index (χ4v) is 1.65. The second kappa shape index (κ2) is 6.01. The molecule has 1 aromatic rings. The van der Waals surface area contributed by atoms with E-state index in [0.29, 0.717) is 19.0 Å². The standard InChI is InChI=1S/C12H23N3O/c1-5-10(2)15-7-6-11(13-15)8-12(16)9-14(3)4/h6-7,10,12,16H,5,8-9H2,1-4H3. The van der Waals surface area contributed by atoms with Crippen molar-refractivity contribution in [2.45, 2.75) is 38.8 Å². The van der Waals surface area contributed by atoms with Crippen molar-refractivity contribution in [3.05, 3.63) is 18.0 Å². The van der Waals surface area contributed by atoms with Crippen molar-refractivity contribution >= 4 is 0 Å². The fraction of sp³-hybridized carbons (Fsp3) is 0.750. The number of rotatable bonds is 6. The Kier molecular flexibility index (Phi) is 4.96. The molecule has 4 nitrogen and oxygen atoms in total. The number of hydrogen-bond donors (Lipinski definition) is 1. The summed E-state index contributed by atoms with van der Waals surface area (Å²) in [5, 5.41) is 14.3. The normalized spacial score (nSPS) is 15.4. The lowest BCUT2D eigenvalue weighted by atomic mass is 10.2. The topological polar surface area (TPSA) is 41.3 Å². The van der Waals surface area contributed by atoms with E-state index in [1.807, 2.05) is 35.9 Å². The molecule has 16 heavy (non-hydrogen) atoms. The second-order valence-corrected chi connectivity index (χ2v) is 4.66. The van der Waals surface area contributed by atoms with Gasteiger partial charge in [0.2, 0.25) is 0 Å². The van der Waals surface area contributed by atoms with Crippen LogP contribution >= 0.6 is 0 Å². The van der Waals surface area contributed by atoms with Gasteiger partial charge >= 0.3 is 0 Å². The summed E-state index contributed by atoms with van der Waals surface area (Å²) < 4.78 is 1.97. The van der Waals surface area contributed by atoms with Gasteiger partial charge in [0.05, 0.1) is 11.8 Å². The first-order valence-corrected chi connectivity index (χ1v) is 5.89. The highest BCUT2D eigenvalue weighted by molar-refractivity contribution is 5.01. The van der Waals surface area contributed by atoms with Crippen molar-refractivity contribution in [3.8, 4) is 0 Å². The van der Waals surface area contributed by atoms with E-state index in [2.05, 4.69) is 18.9 Å². The van der Waals surface area contributed by atoms with Crippen LogP contribution in [-0.2, 0) is 6.42 Å². The summed E-state index contributed by atoms with van der Waals surface area (Å²) in [7, 11) is 3.92. The van der Waals surface area contributed by atoms with Gasteiger partial charge in [-0.3, -0.25) is 4.68 Å². The molecule has 0 aliphatic heterocycles. The maximum Gasteiger partial charge on any atom is 0.0722 e. The molecule has 0 aromatic carbocycles. The van der Waals surface area contributed by atoms with Crippen LogP contribution in [0.3, 0.4) is 0 Å². The van der Waals surface area contributed by atoms with E-state index in [4.69, 9.17) is 0 Å². The van der Waals surface area contributed by atoms with Crippen molar-refractivity contribution in [1.82, 2.24) is 14.7 Å². The average Bonchev–Trinajstić information content (AvgIpc) is 2.63. The first-order chi connectivity index (χ1) is 7.52. The van der Waals surface area contributed by atoms with Gasteiger partial charge in [0, 0.05) is 25.2 Å². The Bertz CT molecular complexity index is 309. The minimum absolute atomic E-state index is 0.338. The van der Waals surface area contributed by atoms with E-state index >= 15 is 0 Å². The molecule has 1 aromatic heterocycles. The Morgan fingerprint density at radius 2 is 2.19 bits per heavy atom. The molecule has 0 spiro atoms. The first kappa shape index (κ1) is 13.2. The van der Waals surface area contributed by atoms with Gasteiger partial charge in [-0.15, -0.1) is 0 Å². The summed E-state index contributed by atoms with van der Waals surface area (Å²) in [6.45, 7) is 4.97. The third-order valence-corrected chi connectivity index (χ3v) is 2.73. The molecule has 0 bridgehead atoms. The number of aromatic nitrogens is 2. The molecule has 0 amide bonds. The number of aliphatic hydroxyl groups excluding tert-OH is 1. The Morgan fingerprint density at radius 1 is 1.50 bits per heavy atom. The van der Waals surface area contributed by atoms with Crippen molar-refractivity contribution in [1.29, 1.82) is 0 Å². The zero-order valence-corrected chi connectivity index (χ0v) is 10.7. The van der Waals surface area contributed by atoms with Gasteiger partial charge in [-0.25, -0.2) is 0 Å². The third kappa shape index (κ3) is 3.94. The van der Waals surface area contributed by atoms with Crippen LogP contribution in [0.25, 0.3) is 0 Å². The zero-order chi connectivity index (χ0) is 12.1. The second-order valence-electron chi connectivity index (χ2n) is 4.66. The zero-order valence-electron chi connectivity index (χ0n) is 10.7. The lowest BCUT2D eigenvalue weighted by molar-refractivity contribution is 0.136. The smallest absolute Gasteiger partial charge is 0.0722 e. The number of nitrogens with zero attached hydrogens (tertiary/aromatic N) is 3. The van der Waals surface area contributed by atoms with E-state index in [-0.39, 0.29) is 6.10 Å². The molecule has 0 saturated carbocycles. The summed E-state index contributed by atoms with van der Waals surface area (Å²) in [4.78, 5) is 1.98. The molecule has 2 unspecified atom stereocenters. The van der Waals surface area contributed by atoms with Crippen molar-refractivity contribution in [2.24, 2.45) is 0 Å². The number of likely N-dealkylation sites (N-methyl/N-ethyl adjacent to an activating group) is 1. The SMILES string of the molecule is CCC(C)n1ccc(CC(O)CN(C)C)n1. The Balaban J connectivity index is 2.51. The largest absolute Gasteiger partial charge is 0.391 e. The Morgan fingerprint density at radius 3 is 2.75 bits per heavy atom. The molecule has 1 heterocycles. The van der Waals surface area contributed by atoms with Crippen LogP contribution in [0.2, 0.25) is 0 Å². The highest BCUT2D eigenvalue weighted by Gasteiger charge is 2.10. The molecule has 4 heteroatoms. The lowest BCUT2D eigenvalue weighted by Gasteiger charge is -2.14. The lowest BCUT2D eigenvalue weighted by Crippen LogP contribution is -2.27. The molecule has 92 valence electrons. The van der Waals surface area contributed by atoms with Crippen LogP contribution in [0.15, 0.2) is 12.3 Å². The summed E-state index contributed by atoms with van der Waals surface area (Å²) in [5.74, 6) is 0. The van der Waals surface area contributed by atoms with E-state index < -0.39 is 0 Å². The minimum Gasteiger partial charge on any atom is -0.391 e.